The van der Waals surface area contributed by atoms with E-state index in [0.717, 1.165) is 42.8 Å². The molecule has 0 saturated heterocycles. The summed E-state index contributed by atoms with van der Waals surface area (Å²) in [5.41, 5.74) is 0. The van der Waals surface area contributed by atoms with Gasteiger partial charge in [0.1, 0.15) is 5.75 Å². The maximum absolute atomic E-state index is 5.72. The van der Waals surface area contributed by atoms with Crippen molar-refractivity contribution in [2.45, 2.75) is 25.8 Å². The minimum absolute atomic E-state index is 0.463. The summed E-state index contributed by atoms with van der Waals surface area (Å²) in [6, 6.07) is 8.39. The first-order valence-electron chi connectivity index (χ1n) is 6.37. The van der Waals surface area contributed by atoms with E-state index in [2.05, 4.69) is 28.2 Å². The van der Waals surface area contributed by atoms with Gasteiger partial charge in [0.2, 0.25) is 0 Å². The van der Waals surface area contributed by atoms with Crippen molar-refractivity contribution in [2.24, 2.45) is 0 Å². The number of ether oxygens (including phenoxy) is 2. The first-order chi connectivity index (χ1) is 8.76. The zero-order chi connectivity index (χ0) is 13.2. The number of rotatable bonds is 9. The summed E-state index contributed by atoms with van der Waals surface area (Å²) in [5.74, 6) is 0.917. The minimum atomic E-state index is 0.463. The van der Waals surface area contributed by atoms with Gasteiger partial charge in [0.05, 0.1) is 6.61 Å². The Morgan fingerprint density at radius 3 is 2.44 bits per heavy atom. The number of halogens is 1. The Labute approximate surface area is 118 Å². The van der Waals surface area contributed by atoms with Crippen LogP contribution in [0.1, 0.15) is 19.8 Å². The highest BCUT2D eigenvalue weighted by molar-refractivity contribution is 9.10. The molecule has 1 aromatic carbocycles. The van der Waals surface area contributed by atoms with Gasteiger partial charge in [-0.15, -0.1) is 0 Å². The summed E-state index contributed by atoms with van der Waals surface area (Å²) < 4.78 is 11.9. The predicted octanol–water partition coefficient (Wildman–Crippen LogP) is 3.23. The maximum Gasteiger partial charge on any atom is 0.119 e. The molecule has 1 rings (SSSR count). The largest absolute Gasteiger partial charge is 0.494 e. The number of benzene rings is 1. The van der Waals surface area contributed by atoms with Gasteiger partial charge in [0, 0.05) is 24.2 Å². The first-order valence-corrected chi connectivity index (χ1v) is 7.16. The van der Waals surface area contributed by atoms with Crippen molar-refractivity contribution in [2.75, 3.05) is 26.9 Å². The van der Waals surface area contributed by atoms with Crippen molar-refractivity contribution >= 4 is 15.9 Å². The van der Waals surface area contributed by atoms with Crippen molar-refractivity contribution in [1.29, 1.82) is 0 Å². The summed E-state index contributed by atoms with van der Waals surface area (Å²) in [4.78, 5) is 0. The molecule has 0 aliphatic heterocycles. The van der Waals surface area contributed by atoms with Gasteiger partial charge in [-0.05, 0) is 43.7 Å². The molecule has 0 spiro atoms. The quantitative estimate of drug-likeness (QED) is 0.759. The van der Waals surface area contributed by atoms with Crippen molar-refractivity contribution in [3.8, 4) is 5.75 Å². The molecular weight excluding hydrogens is 294 g/mol. The lowest BCUT2D eigenvalue weighted by molar-refractivity contribution is 0.175. The van der Waals surface area contributed by atoms with Crippen molar-refractivity contribution in [3.63, 3.8) is 0 Å². The second-order valence-corrected chi connectivity index (χ2v) is 5.04. The monoisotopic (exact) mass is 315 g/mol. The number of nitrogens with one attached hydrogen (secondary N) is 1. The van der Waals surface area contributed by atoms with Gasteiger partial charge in [-0.1, -0.05) is 22.9 Å². The summed E-state index contributed by atoms with van der Waals surface area (Å²) in [6.45, 7) is 4.61. The summed E-state index contributed by atoms with van der Waals surface area (Å²) in [7, 11) is 1.74. The third-order valence-electron chi connectivity index (χ3n) is 2.71. The molecule has 102 valence electrons. The van der Waals surface area contributed by atoms with E-state index >= 15 is 0 Å². The van der Waals surface area contributed by atoms with Gasteiger partial charge in [-0.3, -0.25) is 0 Å². The van der Waals surface area contributed by atoms with Crippen LogP contribution in [0.4, 0.5) is 0 Å². The fourth-order valence-corrected chi connectivity index (χ4v) is 2.01. The lowest BCUT2D eigenvalue weighted by Crippen LogP contribution is -2.31. The van der Waals surface area contributed by atoms with Gasteiger partial charge in [0.15, 0.2) is 0 Å². The second kappa shape index (κ2) is 9.36. The van der Waals surface area contributed by atoms with Crippen LogP contribution < -0.4 is 10.1 Å². The van der Waals surface area contributed by atoms with E-state index in [-0.39, 0.29) is 0 Å². The molecule has 1 atom stereocenters. The Morgan fingerprint density at radius 1 is 1.17 bits per heavy atom. The SMILES string of the molecule is CCNC(CCOC)CCOc1ccc(Br)cc1. The topological polar surface area (TPSA) is 30.5 Å². The van der Waals surface area contributed by atoms with Crippen molar-refractivity contribution in [1.82, 2.24) is 5.32 Å². The van der Waals surface area contributed by atoms with Gasteiger partial charge in [0.25, 0.3) is 0 Å². The summed E-state index contributed by atoms with van der Waals surface area (Å²) in [6.07, 6.45) is 2.02. The first kappa shape index (κ1) is 15.5. The van der Waals surface area contributed by atoms with E-state index in [1.54, 1.807) is 7.11 Å². The number of methoxy groups -OCH3 is 1. The Balaban J connectivity index is 2.26. The molecule has 0 fully saturated rings. The molecule has 4 heteroatoms. The molecule has 0 saturated carbocycles. The highest BCUT2D eigenvalue weighted by Crippen LogP contribution is 2.16. The van der Waals surface area contributed by atoms with Crippen LogP contribution in [0.3, 0.4) is 0 Å². The maximum atomic E-state index is 5.72. The molecule has 18 heavy (non-hydrogen) atoms. The van der Waals surface area contributed by atoms with Crippen molar-refractivity contribution < 1.29 is 9.47 Å². The van der Waals surface area contributed by atoms with Crippen LogP contribution >= 0.6 is 15.9 Å². The van der Waals surface area contributed by atoms with Crippen LogP contribution in [0.2, 0.25) is 0 Å². The van der Waals surface area contributed by atoms with Crippen LogP contribution in [-0.4, -0.2) is 32.9 Å². The fraction of sp³-hybridized carbons (Fsp3) is 0.571. The Bertz CT molecular complexity index is 316. The Morgan fingerprint density at radius 2 is 1.83 bits per heavy atom. The number of hydrogen-bond donors (Lipinski definition) is 1. The van der Waals surface area contributed by atoms with E-state index in [4.69, 9.17) is 9.47 Å². The van der Waals surface area contributed by atoms with Crippen LogP contribution in [0.25, 0.3) is 0 Å². The average molecular weight is 316 g/mol. The van der Waals surface area contributed by atoms with E-state index in [9.17, 15) is 0 Å². The second-order valence-electron chi connectivity index (χ2n) is 4.13. The van der Waals surface area contributed by atoms with E-state index in [1.807, 2.05) is 24.3 Å². The van der Waals surface area contributed by atoms with Gasteiger partial charge in [-0.25, -0.2) is 0 Å². The van der Waals surface area contributed by atoms with Crippen LogP contribution in [0.15, 0.2) is 28.7 Å². The molecule has 1 unspecified atom stereocenters. The lowest BCUT2D eigenvalue weighted by atomic mass is 10.1. The smallest absolute Gasteiger partial charge is 0.119 e. The molecule has 1 aromatic rings. The van der Waals surface area contributed by atoms with Crippen LogP contribution in [0, 0.1) is 0 Å². The van der Waals surface area contributed by atoms with Crippen LogP contribution in [0.5, 0.6) is 5.75 Å². The Hall–Kier alpha value is -0.580. The Kier molecular flexibility index (Phi) is 8.05. The van der Waals surface area contributed by atoms with E-state index in [1.165, 1.54) is 0 Å². The standard InChI is InChI=1S/C14H22BrNO2/c1-3-16-13(8-10-17-2)9-11-18-14-6-4-12(15)5-7-14/h4-7,13,16H,3,8-11H2,1-2H3. The van der Waals surface area contributed by atoms with Crippen LogP contribution in [-0.2, 0) is 4.74 Å². The number of hydrogen-bond acceptors (Lipinski definition) is 3. The molecule has 0 aliphatic carbocycles. The highest BCUT2D eigenvalue weighted by atomic mass is 79.9. The molecule has 0 radical (unpaired) electrons. The third-order valence-corrected chi connectivity index (χ3v) is 3.24. The molecule has 0 bridgehead atoms. The zero-order valence-corrected chi connectivity index (χ0v) is 12.7. The van der Waals surface area contributed by atoms with E-state index in [0.29, 0.717) is 6.04 Å². The highest BCUT2D eigenvalue weighted by Gasteiger charge is 2.07. The van der Waals surface area contributed by atoms with Gasteiger partial charge in [-0.2, -0.15) is 0 Å². The lowest BCUT2D eigenvalue weighted by Gasteiger charge is -2.17. The van der Waals surface area contributed by atoms with Gasteiger partial charge >= 0.3 is 0 Å². The van der Waals surface area contributed by atoms with E-state index < -0.39 is 0 Å². The third kappa shape index (κ3) is 6.38. The molecule has 3 nitrogen and oxygen atoms in total. The van der Waals surface area contributed by atoms with Crippen molar-refractivity contribution in [3.05, 3.63) is 28.7 Å². The predicted molar refractivity (Wildman–Crippen MR) is 78.2 cm³/mol. The molecule has 0 heterocycles. The molecule has 0 aliphatic rings. The molecular formula is C14H22BrNO2. The average Bonchev–Trinajstić information content (AvgIpc) is 2.38. The molecule has 0 aromatic heterocycles. The zero-order valence-electron chi connectivity index (χ0n) is 11.1. The normalized spacial score (nSPS) is 12.4. The van der Waals surface area contributed by atoms with Gasteiger partial charge < -0.3 is 14.8 Å². The molecule has 1 N–H and O–H groups in total. The minimum Gasteiger partial charge on any atom is -0.494 e. The fourth-order valence-electron chi connectivity index (χ4n) is 1.75. The summed E-state index contributed by atoms with van der Waals surface area (Å²) >= 11 is 3.41. The summed E-state index contributed by atoms with van der Waals surface area (Å²) in [5, 5.41) is 3.45. The molecule has 0 amide bonds.